The van der Waals surface area contributed by atoms with Crippen LogP contribution in [0, 0.1) is 6.92 Å². The number of carbonyl (C=O) groups excluding carboxylic acids is 1. The van der Waals surface area contributed by atoms with E-state index in [4.69, 9.17) is 4.74 Å². The van der Waals surface area contributed by atoms with Gasteiger partial charge in [0.25, 0.3) is 0 Å². The molecule has 0 aliphatic rings. The highest BCUT2D eigenvalue weighted by molar-refractivity contribution is 7.99. The summed E-state index contributed by atoms with van der Waals surface area (Å²) in [5.74, 6) is 0.977. The summed E-state index contributed by atoms with van der Waals surface area (Å²) >= 11 is 1.39. The monoisotopic (exact) mass is 274 g/mol. The molecule has 0 fully saturated rings. The SMILES string of the molecule is COc1cc(C)ccc1C(=O)CSc1ccncn1. The van der Waals surface area contributed by atoms with Gasteiger partial charge in [-0.25, -0.2) is 9.97 Å². The fraction of sp³-hybridized carbons (Fsp3) is 0.214. The molecular weight excluding hydrogens is 260 g/mol. The minimum Gasteiger partial charge on any atom is -0.496 e. The van der Waals surface area contributed by atoms with Gasteiger partial charge >= 0.3 is 0 Å². The van der Waals surface area contributed by atoms with E-state index >= 15 is 0 Å². The smallest absolute Gasteiger partial charge is 0.176 e. The van der Waals surface area contributed by atoms with E-state index in [0.29, 0.717) is 17.1 Å². The Morgan fingerprint density at radius 3 is 2.89 bits per heavy atom. The number of rotatable bonds is 5. The number of methoxy groups -OCH3 is 1. The van der Waals surface area contributed by atoms with E-state index in [9.17, 15) is 4.79 Å². The fourth-order valence-electron chi connectivity index (χ4n) is 1.61. The van der Waals surface area contributed by atoms with Crippen LogP contribution in [0.15, 0.2) is 41.8 Å². The Kier molecular flexibility index (Phi) is 4.52. The molecule has 0 atom stereocenters. The van der Waals surface area contributed by atoms with Gasteiger partial charge in [0.15, 0.2) is 5.78 Å². The molecule has 0 N–H and O–H groups in total. The molecule has 0 bridgehead atoms. The van der Waals surface area contributed by atoms with Crippen molar-refractivity contribution in [1.82, 2.24) is 9.97 Å². The lowest BCUT2D eigenvalue weighted by molar-refractivity contribution is 0.101. The summed E-state index contributed by atoms with van der Waals surface area (Å²) in [6, 6.07) is 7.36. The van der Waals surface area contributed by atoms with Crippen LogP contribution in [0.2, 0.25) is 0 Å². The van der Waals surface area contributed by atoms with Crippen molar-refractivity contribution in [1.29, 1.82) is 0 Å². The molecule has 0 saturated heterocycles. The van der Waals surface area contributed by atoms with Crippen molar-refractivity contribution in [2.45, 2.75) is 11.9 Å². The maximum absolute atomic E-state index is 12.2. The zero-order chi connectivity index (χ0) is 13.7. The lowest BCUT2D eigenvalue weighted by Gasteiger charge is -2.08. The summed E-state index contributed by atoms with van der Waals surface area (Å²) in [4.78, 5) is 20.1. The van der Waals surface area contributed by atoms with Gasteiger partial charge in [0, 0.05) is 6.20 Å². The van der Waals surface area contributed by atoms with E-state index in [-0.39, 0.29) is 5.78 Å². The number of hydrogen-bond acceptors (Lipinski definition) is 5. The van der Waals surface area contributed by atoms with Crippen LogP contribution < -0.4 is 4.74 Å². The molecule has 0 spiro atoms. The first-order valence-electron chi connectivity index (χ1n) is 5.77. The molecule has 98 valence electrons. The van der Waals surface area contributed by atoms with E-state index in [0.717, 1.165) is 10.6 Å². The Labute approximate surface area is 116 Å². The van der Waals surface area contributed by atoms with Gasteiger partial charge in [-0.3, -0.25) is 4.79 Å². The van der Waals surface area contributed by atoms with Crippen LogP contribution in [0.3, 0.4) is 0 Å². The summed E-state index contributed by atoms with van der Waals surface area (Å²) in [7, 11) is 1.57. The molecule has 0 amide bonds. The van der Waals surface area contributed by atoms with Gasteiger partial charge in [0.05, 0.1) is 23.5 Å². The molecule has 5 heteroatoms. The van der Waals surface area contributed by atoms with Crippen LogP contribution in [0.1, 0.15) is 15.9 Å². The predicted octanol–water partition coefficient (Wildman–Crippen LogP) is 2.77. The second-order valence-electron chi connectivity index (χ2n) is 3.96. The number of ketones is 1. The van der Waals surface area contributed by atoms with Crippen molar-refractivity contribution in [3.63, 3.8) is 0 Å². The second kappa shape index (κ2) is 6.33. The van der Waals surface area contributed by atoms with Crippen molar-refractivity contribution in [2.24, 2.45) is 0 Å². The van der Waals surface area contributed by atoms with Crippen LogP contribution in [-0.4, -0.2) is 28.6 Å². The Bertz CT molecular complexity index is 573. The van der Waals surface area contributed by atoms with Crippen molar-refractivity contribution >= 4 is 17.5 Å². The number of Topliss-reactive ketones (excluding diaryl/α,β-unsaturated/α-hetero) is 1. The minimum absolute atomic E-state index is 0.0282. The third kappa shape index (κ3) is 3.54. The second-order valence-corrected chi connectivity index (χ2v) is 4.96. The Balaban J connectivity index is 2.08. The lowest BCUT2D eigenvalue weighted by atomic mass is 10.1. The van der Waals surface area contributed by atoms with Crippen LogP contribution in [0.4, 0.5) is 0 Å². The quantitative estimate of drug-likeness (QED) is 0.477. The number of thioether (sulfide) groups is 1. The van der Waals surface area contributed by atoms with E-state index in [2.05, 4.69) is 9.97 Å². The zero-order valence-electron chi connectivity index (χ0n) is 10.8. The Morgan fingerprint density at radius 1 is 1.37 bits per heavy atom. The van der Waals surface area contributed by atoms with Gasteiger partial charge in [0.2, 0.25) is 0 Å². The fourth-order valence-corrected chi connectivity index (χ4v) is 2.32. The number of benzene rings is 1. The maximum atomic E-state index is 12.2. The molecule has 2 rings (SSSR count). The van der Waals surface area contributed by atoms with Gasteiger partial charge in [-0.15, -0.1) is 0 Å². The van der Waals surface area contributed by atoms with Gasteiger partial charge < -0.3 is 4.74 Å². The maximum Gasteiger partial charge on any atom is 0.176 e. The standard InChI is InChI=1S/C14H14N2O2S/c1-10-3-4-11(13(7-10)18-2)12(17)8-19-14-5-6-15-9-16-14/h3-7,9H,8H2,1-2H3. The van der Waals surface area contributed by atoms with E-state index in [1.54, 1.807) is 25.4 Å². The molecular formula is C14H14N2O2S. The molecule has 0 aliphatic carbocycles. The molecule has 4 nitrogen and oxygen atoms in total. The average molecular weight is 274 g/mol. The van der Waals surface area contributed by atoms with Crippen molar-refractivity contribution in [2.75, 3.05) is 12.9 Å². The van der Waals surface area contributed by atoms with Gasteiger partial charge in [-0.2, -0.15) is 0 Å². The van der Waals surface area contributed by atoms with Gasteiger partial charge in [-0.1, -0.05) is 17.8 Å². The molecule has 0 radical (unpaired) electrons. The Morgan fingerprint density at radius 2 is 2.21 bits per heavy atom. The van der Waals surface area contributed by atoms with Crippen molar-refractivity contribution < 1.29 is 9.53 Å². The molecule has 0 aliphatic heterocycles. The lowest BCUT2D eigenvalue weighted by Crippen LogP contribution is -2.05. The van der Waals surface area contributed by atoms with Gasteiger partial charge in [0.1, 0.15) is 12.1 Å². The average Bonchev–Trinajstić information content (AvgIpc) is 2.45. The molecule has 2 aromatic rings. The summed E-state index contributed by atoms with van der Waals surface area (Å²) in [6.07, 6.45) is 3.13. The highest BCUT2D eigenvalue weighted by Crippen LogP contribution is 2.23. The summed E-state index contributed by atoms with van der Waals surface area (Å²) in [5, 5.41) is 0.787. The van der Waals surface area contributed by atoms with Crippen molar-refractivity contribution in [3.05, 3.63) is 47.9 Å². The van der Waals surface area contributed by atoms with Crippen LogP contribution in [-0.2, 0) is 0 Å². The zero-order valence-corrected chi connectivity index (χ0v) is 11.6. The third-order valence-corrected chi connectivity index (χ3v) is 3.51. The molecule has 19 heavy (non-hydrogen) atoms. The number of ether oxygens (including phenoxy) is 1. The molecule has 1 aromatic heterocycles. The van der Waals surface area contributed by atoms with Gasteiger partial charge in [-0.05, 0) is 30.7 Å². The number of aryl methyl sites for hydroxylation is 1. The predicted molar refractivity (Wildman–Crippen MR) is 74.8 cm³/mol. The highest BCUT2D eigenvalue weighted by atomic mass is 32.2. The number of hydrogen-bond donors (Lipinski definition) is 0. The first-order chi connectivity index (χ1) is 9.20. The highest BCUT2D eigenvalue weighted by Gasteiger charge is 2.12. The van der Waals surface area contributed by atoms with Crippen molar-refractivity contribution in [3.8, 4) is 5.75 Å². The molecule has 1 aromatic carbocycles. The van der Waals surface area contributed by atoms with Crippen LogP contribution >= 0.6 is 11.8 Å². The number of carbonyl (C=O) groups is 1. The topological polar surface area (TPSA) is 52.1 Å². The van der Waals surface area contributed by atoms with Crippen LogP contribution in [0.25, 0.3) is 0 Å². The van der Waals surface area contributed by atoms with E-state index < -0.39 is 0 Å². The minimum atomic E-state index is 0.0282. The van der Waals surface area contributed by atoms with Crippen LogP contribution in [0.5, 0.6) is 5.75 Å². The first-order valence-corrected chi connectivity index (χ1v) is 6.76. The summed E-state index contributed by atoms with van der Waals surface area (Å²) < 4.78 is 5.24. The normalized spacial score (nSPS) is 10.2. The van der Waals surface area contributed by atoms with E-state index in [1.807, 2.05) is 19.1 Å². The number of aromatic nitrogens is 2. The summed E-state index contributed by atoms with van der Waals surface area (Å²) in [5.41, 5.74) is 1.67. The molecule has 0 saturated carbocycles. The summed E-state index contributed by atoms with van der Waals surface area (Å²) in [6.45, 7) is 1.96. The largest absolute Gasteiger partial charge is 0.496 e. The Hall–Kier alpha value is -1.88. The molecule has 0 unspecified atom stereocenters. The third-order valence-electron chi connectivity index (χ3n) is 2.56. The first kappa shape index (κ1) is 13.5. The number of nitrogens with zero attached hydrogens (tertiary/aromatic N) is 2. The van der Waals surface area contributed by atoms with E-state index in [1.165, 1.54) is 18.1 Å². The molecule has 1 heterocycles.